The van der Waals surface area contributed by atoms with Crippen molar-refractivity contribution in [3.63, 3.8) is 0 Å². The fourth-order valence-electron chi connectivity index (χ4n) is 0.676. The van der Waals surface area contributed by atoms with Crippen LogP contribution in [-0.2, 0) is 0 Å². The summed E-state index contributed by atoms with van der Waals surface area (Å²) in [6.45, 7) is 0. The van der Waals surface area contributed by atoms with Crippen LogP contribution in [0, 0.1) is 11.6 Å². The molecule has 1 N–H and O–H groups in total. The second kappa shape index (κ2) is 3.28. The van der Waals surface area contributed by atoms with Crippen molar-refractivity contribution in [1.29, 1.82) is 0 Å². The standard InChI is InChI=1S/C6H2F5NO2/c7-2-1-3(13)12-5(4(2)8)14-6(9,10)11/h1H,(H,12,13). The van der Waals surface area contributed by atoms with E-state index in [1.165, 1.54) is 4.98 Å². The van der Waals surface area contributed by atoms with Crippen LogP contribution in [0.3, 0.4) is 0 Å². The second-order valence-electron chi connectivity index (χ2n) is 2.17. The lowest BCUT2D eigenvalue weighted by Crippen LogP contribution is -2.21. The Labute approximate surface area is 73.1 Å². The summed E-state index contributed by atoms with van der Waals surface area (Å²) in [5, 5.41) is 0. The van der Waals surface area contributed by atoms with E-state index in [4.69, 9.17) is 0 Å². The molecule has 1 aromatic heterocycles. The Morgan fingerprint density at radius 3 is 2.36 bits per heavy atom. The molecule has 0 saturated heterocycles. The van der Waals surface area contributed by atoms with E-state index in [1.54, 1.807) is 0 Å². The third-order valence-corrected chi connectivity index (χ3v) is 1.12. The molecular weight excluding hydrogens is 213 g/mol. The Balaban J connectivity index is 3.15. The fraction of sp³-hybridized carbons (Fsp3) is 0.167. The normalized spacial score (nSPS) is 11.5. The summed E-state index contributed by atoms with van der Waals surface area (Å²) in [5.74, 6) is -5.21. The molecule has 1 aromatic rings. The summed E-state index contributed by atoms with van der Waals surface area (Å²) in [7, 11) is 0. The van der Waals surface area contributed by atoms with Crippen LogP contribution < -0.4 is 10.3 Å². The predicted molar refractivity (Wildman–Crippen MR) is 33.7 cm³/mol. The van der Waals surface area contributed by atoms with Gasteiger partial charge in [-0.25, -0.2) is 4.39 Å². The van der Waals surface area contributed by atoms with Gasteiger partial charge in [-0.2, -0.15) is 4.39 Å². The Hall–Kier alpha value is -1.60. The fourth-order valence-corrected chi connectivity index (χ4v) is 0.676. The van der Waals surface area contributed by atoms with Crippen LogP contribution in [0.2, 0.25) is 0 Å². The zero-order valence-corrected chi connectivity index (χ0v) is 6.28. The summed E-state index contributed by atoms with van der Waals surface area (Å²) in [6.07, 6.45) is -5.20. The van der Waals surface area contributed by atoms with Gasteiger partial charge in [-0.15, -0.1) is 13.2 Å². The van der Waals surface area contributed by atoms with Gasteiger partial charge >= 0.3 is 6.36 Å². The Bertz CT molecular complexity index is 396. The Morgan fingerprint density at radius 1 is 1.29 bits per heavy atom. The molecule has 0 spiro atoms. The van der Waals surface area contributed by atoms with Crippen LogP contribution in [0.4, 0.5) is 22.0 Å². The molecule has 0 aromatic carbocycles. The molecule has 0 amide bonds. The van der Waals surface area contributed by atoms with Crippen LogP contribution in [0.15, 0.2) is 10.9 Å². The predicted octanol–water partition coefficient (Wildman–Crippen LogP) is 1.55. The van der Waals surface area contributed by atoms with Crippen LogP contribution in [0.1, 0.15) is 0 Å². The van der Waals surface area contributed by atoms with Crippen LogP contribution in [0.25, 0.3) is 0 Å². The van der Waals surface area contributed by atoms with Gasteiger partial charge in [0.15, 0.2) is 5.82 Å². The minimum atomic E-state index is -5.20. The number of nitrogens with one attached hydrogen (secondary N) is 1. The third kappa shape index (κ3) is 2.44. The van der Waals surface area contributed by atoms with E-state index < -0.39 is 29.4 Å². The van der Waals surface area contributed by atoms with Gasteiger partial charge in [0, 0.05) is 6.07 Å². The topological polar surface area (TPSA) is 42.1 Å². The molecule has 0 bridgehead atoms. The lowest BCUT2D eigenvalue weighted by atomic mass is 10.4. The summed E-state index contributed by atoms with van der Waals surface area (Å²) in [4.78, 5) is 11.8. The highest BCUT2D eigenvalue weighted by atomic mass is 19.4. The van der Waals surface area contributed by atoms with Crippen molar-refractivity contribution in [1.82, 2.24) is 4.98 Å². The minimum absolute atomic E-state index is 0.165. The number of pyridine rings is 1. The van der Waals surface area contributed by atoms with Gasteiger partial charge in [0.1, 0.15) is 0 Å². The monoisotopic (exact) mass is 215 g/mol. The van der Waals surface area contributed by atoms with E-state index in [2.05, 4.69) is 4.74 Å². The molecule has 8 heteroatoms. The molecule has 0 radical (unpaired) electrons. The van der Waals surface area contributed by atoms with Gasteiger partial charge in [0.2, 0.25) is 11.7 Å². The summed E-state index contributed by atoms with van der Waals surface area (Å²) < 4.78 is 62.6. The molecule has 78 valence electrons. The van der Waals surface area contributed by atoms with Gasteiger partial charge in [0.05, 0.1) is 0 Å². The smallest absolute Gasteiger partial charge is 0.386 e. The zero-order chi connectivity index (χ0) is 10.9. The van der Waals surface area contributed by atoms with Gasteiger partial charge in [-0.3, -0.25) is 9.78 Å². The number of aromatic nitrogens is 1. The van der Waals surface area contributed by atoms with E-state index in [1.807, 2.05) is 0 Å². The maximum atomic E-state index is 12.5. The Morgan fingerprint density at radius 2 is 1.86 bits per heavy atom. The van der Waals surface area contributed by atoms with Gasteiger partial charge in [0.25, 0.3) is 5.56 Å². The number of alkyl halides is 3. The van der Waals surface area contributed by atoms with E-state index in [-0.39, 0.29) is 6.07 Å². The van der Waals surface area contributed by atoms with Crippen LogP contribution >= 0.6 is 0 Å². The molecule has 14 heavy (non-hydrogen) atoms. The molecule has 1 heterocycles. The van der Waals surface area contributed by atoms with Crippen molar-refractivity contribution in [2.24, 2.45) is 0 Å². The first kappa shape index (κ1) is 10.5. The van der Waals surface area contributed by atoms with E-state index in [0.717, 1.165) is 0 Å². The first-order chi connectivity index (χ1) is 6.29. The number of aromatic amines is 1. The van der Waals surface area contributed by atoms with Gasteiger partial charge in [-0.1, -0.05) is 0 Å². The highest BCUT2D eigenvalue weighted by Crippen LogP contribution is 2.23. The second-order valence-corrected chi connectivity index (χ2v) is 2.17. The average molecular weight is 215 g/mol. The molecule has 0 aliphatic carbocycles. The molecule has 0 atom stereocenters. The van der Waals surface area contributed by atoms with Gasteiger partial charge < -0.3 is 4.74 Å². The van der Waals surface area contributed by atoms with Crippen molar-refractivity contribution in [3.8, 4) is 5.88 Å². The molecule has 0 saturated carbocycles. The molecule has 0 aliphatic heterocycles. The van der Waals surface area contributed by atoms with Crippen LogP contribution in [0.5, 0.6) is 5.88 Å². The third-order valence-electron chi connectivity index (χ3n) is 1.12. The molecule has 0 unspecified atom stereocenters. The van der Waals surface area contributed by atoms with Crippen molar-refractivity contribution in [2.75, 3.05) is 0 Å². The minimum Gasteiger partial charge on any atom is -0.386 e. The van der Waals surface area contributed by atoms with Gasteiger partial charge in [-0.05, 0) is 0 Å². The first-order valence-corrected chi connectivity index (χ1v) is 3.13. The number of hydrogen-bond acceptors (Lipinski definition) is 2. The quantitative estimate of drug-likeness (QED) is 0.722. The van der Waals surface area contributed by atoms with E-state index >= 15 is 0 Å². The maximum Gasteiger partial charge on any atom is 0.574 e. The average Bonchev–Trinajstić information content (AvgIpc) is 1.96. The van der Waals surface area contributed by atoms with Crippen molar-refractivity contribution in [3.05, 3.63) is 28.1 Å². The highest BCUT2D eigenvalue weighted by Gasteiger charge is 2.33. The first-order valence-electron chi connectivity index (χ1n) is 3.13. The summed E-state index contributed by atoms with van der Waals surface area (Å²) in [5.41, 5.74) is -1.23. The summed E-state index contributed by atoms with van der Waals surface area (Å²) >= 11 is 0. The maximum absolute atomic E-state index is 12.5. The molecule has 0 aliphatic rings. The number of ether oxygens (including phenoxy) is 1. The molecule has 0 fully saturated rings. The number of halogens is 5. The number of H-pyrrole nitrogens is 1. The lowest BCUT2D eigenvalue weighted by molar-refractivity contribution is -0.277. The number of hydrogen-bond donors (Lipinski definition) is 1. The van der Waals surface area contributed by atoms with Crippen molar-refractivity contribution >= 4 is 0 Å². The van der Waals surface area contributed by atoms with E-state index in [9.17, 15) is 26.7 Å². The van der Waals surface area contributed by atoms with Crippen molar-refractivity contribution < 1.29 is 26.7 Å². The van der Waals surface area contributed by atoms with Crippen LogP contribution in [-0.4, -0.2) is 11.3 Å². The molecule has 3 nitrogen and oxygen atoms in total. The largest absolute Gasteiger partial charge is 0.574 e. The Kier molecular flexibility index (Phi) is 2.45. The lowest BCUT2D eigenvalue weighted by Gasteiger charge is -2.08. The molecular formula is C6H2F5NO2. The molecule has 1 rings (SSSR count). The summed E-state index contributed by atoms with van der Waals surface area (Å²) in [6, 6.07) is 0.165. The SMILES string of the molecule is O=c1cc(F)c(F)c(OC(F)(F)F)[nH]1. The van der Waals surface area contributed by atoms with Crippen molar-refractivity contribution in [2.45, 2.75) is 6.36 Å². The van der Waals surface area contributed by atoms with E-state index in [0.29, 0.717) is 0 Å². The zero-order valence-electron chi connectivity index (χ0n) is 6.28. The number of rotatable bonds is 1. The highest BCUT2D eigenvalue weighted by molar-refractivity contribution is 5.15.